The van der Waals surface area contributed by atoms with Crippen LogP contribution < -0.4 is 16.0 Å². The van der Waals surface area contributed by atoms with E-state index in [2.05, 4.69) is 25.2 Å². The Morgan fingerprint density at radius 1 is 1.39 bits per heavy atom. The molecule has 0 aliphatic carbocycles. The maximum absolute atomic E-state index is 5.93. The number of rotatable bonds is 5. The molecular formula is C16H26N6O. The van der Waals surface area contributed by atoms with Gasteiger partial charge < -0.3 is 20.7 Å². The molecule has 1 aromatic rings. The number of nitrogens with two attached hydrogens (primary N) is 1. The SMILES string of the molecule is Cc1cc(CN=C(N)NCC2CCCO2)nc(N2CCCC2)n1. The highest BCUT2D eigenvalue weighted by Gasteiger charge is 2.16. The van der Waals surface area contributed by atoms with Crippen molar-refractivity contribution in [3.63, 3.8) is 0 Å². The molecule has 0 amide bonds. The van der Waals surface area contributed by atoms with Gasteiger partial charge in [0.15, 0.2) is 5.96 Å². The molecule has 0 bridgehead atoms. The molecule has 126 valence electrons. The van der Waals surface area contributed by atoms with Gasteiger partial charge in [0.1, 0.15) is 0 Å². The molecule has 1 aromatic heterocycles. The molecule has 7 nitrogen and oxygen atoms in total. The van der Waals surface area contributed by atoms with Crippen LogP contribution in [0.5, 0.6) is 0 Å². The monoisotopic (exact) mass is 318 g/mol. The number of anilines is 1. The molecule has 0 spiro atoms. The van der Waals surface area contributed by atoms with Crippen molar-refractivity contribution >= 4 is 11.9 Å². The van der Waals surface area contributed by atoms with E-state index in [0.29, 0.717) is 12.5 Å². The van der Waals surface area contributed by atoms with Crippen molar-refractivity contribution in [3.05, 3.63) is 17.5 Å². The van der Waals surface area contributed by atoms with Gasteiger partial charge in [0.25, 0.3) is 0 Å². The normalized spacial score (nSPS) is 21.9. The zero-order valence-corrected chi connectivity index (χ0v) is 13.8. The zero-order chi connectivity index (χ0) is 16.1. The van der Waals surface area contributed by atoms with Gasteiger partial charge in [-0.25, -0.2) is 15.0 Å². The van der Waals surface area contributed by atoms with Crippen LogP contribution in [0.1, 0.15) is 37.1 Å². The molecular weight excluding hydrogens is 292 g/mol. The Balaban J connectivity index is 1.56. The number of guanidine groups is 1. The summed E-state index contributed by atoms with van der Waals surface area (Å²) in [6.45, 7) is 6.11. The molecule has 1 unspecified atom stereocenters. The Morgan fingerprint density at radius 3 is 2.96 bits per heavy atom. The Bertz CT molecular complexity index is 550. The summed E-state index contributed by atoms with van der Waals surface area (Å²) in [5.74, 6) is 1.26. The number of aromatic nitrogens is 2. The average Bonchev–Trinajstić information content (AvgIpc) is 3.23. The topological polar surface area (TPSA) is 88.7 Å². The van der Waals surface area contributed by atoms with Gasteiger partial charge >= 0.3 is 0 Å². The summed E-state index contributed by atoms with van der Waals surface area (Å²) in [6, 6.07) is 1.97. The highest BCUT2D eigenvalue weighted by atomic mass is 16.5. The fraction of sp³-hybridized carbons (Fsp3) is 0.688. The van der Waals surface area contributed by atoms with Crippen LogP contribution >= 0.6 is 0 Å². The lowest BCUT2D eigenvalue weighted by Gasteiger charge is -2.16. The van der Waals surface area contributed by atoms with Crippen LogP contribution in [0.15, 0.2) is 11.1 Å². The Labute approximate surface area is 137 Å². The number of nitrogens with one attached hydrogen (secondary N) is 1. The van der Waals surface area contributed by atoms with E-state index in [-0.39, 0.29) is 6.10 Å². The van der Waals surface area contributed by atoms with E-state index in [1.54, 1.807) is 0 Å². The molecule has 2 saturated heterocycles. The second kappa shape index (κ2) is 7.59. The van der Waals surface area contributed by atoms with Gasteiger partial charge in [-0.05, 0) is 38.7 Å². The van der Waals surface area contributed by atoms with Gasteiger partial charge in [-0.15, -0.1) is 0 Å². The van der Waals surface area contributed by atoms with Crippen LogP contribution in [0.25, 0.3) is 0 Å². The molecule has 3 heterocycles. The predicted octanol–water partition coefficient (Wildman–Crippen LogP) is 0.969. The molecule has 0 radical (unpaired) electrons. The van der Waals surface area contributed by atoms with Gasteiger partial charge in [0, 0.05) is 31.9 Å². The first kappa shape index (κ1) is 16.0. The lowest BCUT2D eigenvalue weighted by atomic mass is 10.2. The van der Waals surface area contributed by atoms with E-state index in [1.807, 2.05) is 13.0 Å². The average molecular weight is 318 g/mol. The first-order chi connectivity index (χ1) is 11.2. The molecule has 3 N–H and O–H groups in total. The summed E-state index contributed by atoms with van der Waals surface area (Å²) < 4.78 is 5.56. The van der Waals surface area contributed by atoms with Gasteiger partial charge in [0.05, 0.1) is 18.3 Å². The Morgan fingerprint density at radius 2 is 2.22 bits per heavy atom. The van der Waals surface area contributed by atoms with Crippen molar-refractivity contribution in [1.82, 2.24) is 15.3 Å². The highest BCUT2D eigenvalue weighted by molar-refractivity contribution is 5.77. The van der Waals surface area contributed by atoms with E-state index in [1.165, 1.54) is 12.8 Å². The summed E-state index contributed by atoms with van der Waals surface area (Å²) >= 11 is 0. The van der Waals surface area contributed by atoms with Gasteiger partial charge in [-0.1, -0.05) is 0 Å². The summed E-state index contributed by atoms with van der Waals surface area (Å²) in [6.07, 6.45) is 4.90. The molecule has 3 rings (SSSR count). The van der Waals surface area contributed by atoms with Crippen molar-refractivity contribution in [2.45, 2.75) is 45.3 Å². The lowest BCUT2D eigenvalue weighted by molar-refractivity contribution is 0.114. The van der Waals surface area contributed by atoms with Gasteiger partial charge in [0.2, 0.25) is 5.95 Å². The number of ether oxygens (including phenoxy) is 1. The fourth-order valence-electron chi connectivity index (χ4n) is 3.00. The predicted molar refractivity (Wildman–Crippen MR) is 90.5 cm³/mol. The second-order valence-electron chi connectivity index (χ2n) is 6.21. The third kappa shape index (κ3) is 4.54. The standard InChI is InChI=1S/C16H26N6O/c1-12-9-13(21-16(20-12)22-6-2-3-7-22)10-18-15(17)19-11-14-5-4-8-23-14/h9,14H,2-8,10-11H2,1H3,(H3,17,18,19). The Hall–Kier alpha value is -1.89. The number of aryl methyl sites for hydroxylation is 1. The quantitative estimate of drug-likeness (QED) is 0.621. The number of aliphatic imine (C=N–C) groups is 1. The zero-order valence-electron chi connectivity index (χ0n) is 13.8. The van der Waals surface area contributed by atoms with E-state index in [0.717, 1.165) is 56.4 Å². The van der Waals surface area contributed by atoms with Crippen molar-refractivity contribution in [2.75, 3.05) is 31.1 Å². The van der Waals surface area contributed by atoms with Crippen molar-refractivity contribution in [1.29, 1.82) is 0 Å². The van der Waals surface area contributed by atoms with Crippen molar-refractivity contribution in [3.8, 4) is 0 Å². The molecule has 23 heavy (non-hydrogen) atoms. The fourth-order valence-corrected chi connectivity index (χ4v) is 3.00. The minimum absolute atomic E-state index is 0.256. The van der Waals surface area contributed by atoms with Crippen LogP contribution in [0.4, 0.5) is 5.95 Å². The van der Waals surface area contributed by atoms with Crippen LogP contribution in [-0.4, -0.2) is 48.3 Å². The minimum atomic E-state index is 0.256. The van der Waals surface area contributed by atoms with Gasteiger partial charge in [-0.3, -0.25) is 0 Å². The van der Waals surface area contributed by atoms with Crippen molar-refractivity contribution in [2.24, 2.45) is 10.7 Å². The largest absolute Gasteiger partial charge is 0.376 e. The molecule has 0 aromatic carbocycles. The molecule has 2 aliphatic rings. The van der Waals surface area contributed by atoms with Crippen LogP contribution in [0, 0.1) is 6.92 Å². The second-order valence-corrected chi connectivity index (χ2v) is 6.21. The highest BCUT2D eigenvalue weighted by Crippen LogP contribution is 2.17. The number of nitrogens with zero attached hydrogens (tertiary/aromatic N) is 4. The lowest BCUT2D eigenvalue weighted by Crippen LogP contribution is -2.37. The number of hydrogen-bond donors (Lipinski definition) is 2. The van der Waals surface area contributed by atoms with E-state index in [9.17, 15) is 0 Å². The summed E-state index contributed by atoms with van der Waals surface area (Å²) in [5.41, 5.74) is 7.80. The third-order valence-corrected chi connectivity index (χ3v) is 4.23. The summed E-state index contributed by atoms with van der Waals surface area (Å²) in [4.78, 5) is 15.8. The molecule has 2 fully saturated rings. The molecule has 0 saturated carbocycles. The smallest absolute Gasteiger partial charge is 0.225 e. The first-order valence-electron chi connectivity index (χ1n) is 8.45. The maximum atomic E-state index is 5.93. The molecule has 1 atom stereocenters. The molecule has 2 aliphatic heterocycles. The summed E-state index contributed by atoms with van der Waals surface area (Å²) in [5, 5.41) is 3.13. The van der Waals surface area contributed by atoms with Crippen LogP contribution in [-0.2, 0) is 11.3 Å². The van der Waals surface area contributed by atoms with Gasteiger partial charge in [-0.2, -0.15) is 0 Å². The first-order valence-corrected chi connectivity index (χ1v) is 8.45. The van der Waals surface area contributed by atoms with Crippen LogP contribution in [0.2, 0.25) is 0 Å². The summed E-state index contributed by atoms with van der Waals surface area (Å²) in [7, 11) is 0. The van der Waals surface area contributed by atoms with Crippen LogP contribution in [0.3, 0.4) is 0 Å². The maximum Gasteiger partial charge on any atom is 0.225 e. The van der Waals surface area contributed by atoms with E-state index in [4.69, 9.17) is 10.5 Å². The molecule has 7 heteroatoms. The minimum Gasteiger partial charge on any atom is -0.376 e. The van der Waals surface area contributed by atoms with E-state index < -0.39 is 0 Å². The Kier molecular flexibility index (Phi) is 5.27. The number of hydrogen-bond acceptors (Lipinski definition) is 5. The van der Waals surface area contributed by atoms with E-state index >= 15 is 0 Å². The van der Waals surface area contributed by atoms with Crippen molar-refractivity contribution < 1.29 is 4.74 Å². The third-order valence-electron chi connectivity index (χ3n) is 4.23.